The number of nitro groups is 1. The summed E-state index contributed by atoms with van der Waals surface area (Å²) in [5.41, 5.74) is -0.252. The molecule has 1 fully saturated rings. The fourth-order valence-electron chi connectivity index (χ4n) is 2.59. The Morgan fingerprint density at radius 2 is 2.24 bits per heavy atom. The Balaban J connectivity index is 2.46. The Bertz CT molecular complexity index is 578. The molecule has 1 aliphatic rings. The second-order valence-electron chi connectivity index (χ2n) is 5.02. The van der Waals surface area contributed by atoms with Gasteiger partial charge in [-0.15, -0.1) is 0 Å². The third kappa shape index (κ3) is 3.25. The molecule has 0 aromatic heterocycles. The lowest BCUT2D eigenvalue weighted by Crippen LogP contribution is -2.37. The number of aromatic carboxylic acids is 1. The lowest BCUT2D eigenvalue weighted by Gasteiger charge is -2.34. The van der Waals surface area contributed by atoms with Crippen molar-refractivity contribution in [3.8, 4) is 0 Å². The molecule has 1 aromatic rings. The second-order valence-corrected chi connectivity index (χ2v) is 5.43. The van der Waals surface area contributed by atoms with Gasteiger partial charge in [-0.3, -0.25) is 10.1 Å². The number of carboxylic acid groups (broad SMARTS) is 1. The Hall–Kier alpha value is -1.86. The summed E-state index contributed by atoms with van der Waals surface area (Å²) in [7, 11) is 0. The number of hydrogen-bond donors (Lipinski definition) is 2. The molecule has 1 heterocycles. The number of aliphatic hydroxyl groups is 1. The van der Waals surface area contributed by atoms with E-state index in [1.165, 1.54) is 0 Å². The lowest BCUT2D eigenvalue weighted by molar-refractivity contribution is -0.384. The van der Waals surface area contributed by atoms with Crippen LogP contribution in [0.1, 0.15) is 23.2 Å². The zero-order chi connectivity index (χ0) is 15.6. The standard InChI is InChI=1S/C13H15ClN2O5/c14-11-5-9(16(20)21)4-10(13(18)19)12(11)15-3-1-2-8(6-15)7-17/h4-5,8,17H,1-3,6-7H2,(H,18,19). The molecule has 114 valence electrons. The molecule has 8 heteroatoms. The number of halogens is 1. The van der Waals surface area contributed by atoms with E-state index in [9.17, 15) is 25.1 Å². The summed E-state index contributed by atoms with van der Waals surface area (Å²) >= 11 is 6.07. The molecule has 0 spiro atoms. The first-order valence-corrected chi connectivity index (χ1v) is 6.89. The van der Waals surface area contributed by atoms with Gasteiger partial charge in [-0.1, -0.05) is 11.6 Å². The smallest absolute Gasteiger partial charge is 0.338 e. The van der Waals surface area contributed by atoms with Crippen LogP contribution >= 0.6 is 11.6 Å². The Morgan fingerprint density at radius 1 is 1.52 bits per heavy atom. The van der Waals surface area contributed by atoms with Crippen molar-refractivity contribution in [2.24, 2.45) is 5.92 Å². The van der Waals surface area contributed by atoms with Crippen molar-refractivity contribution in [2.75, 3.05) is 24.6 Å². The molecule has 1 aromatic carbocycles. The van der Waals surface area contributed by atoms with E-state index in [2.05, 4.69) is 0 Å². The summed E-state index contributed by atoms with van der Waals surface area (Å²) in [6.45, 7) is 1.10. The number of hydrogen-bond acceptors (Lipinski definition) is 5. The van der Waals surface area contributed by atoms with E-state index in [0.717, 1.165) is 25.0 Å². The average Bonchev–Trinajstić information content (AvgIpc) is 2.46. The van der Waals surface area contributed by atoms with Crippen molar-refractivity contribution in [3.63, 3.8) is 0 Å². The molecule has 0 amide bonds. The van der Waals surface area contributed by atoms with Crippen LogP contribution in [0.4, 0.5) is 11.4 Å². The van der Waals surface area contributed by atoms with Gasteiger partial charge in [0.25, 0.3) is 5.69 Å². The van der Waals surface area contributed by atoms with E-state index in [-0.39, 0.29) is 34.5 Å². The van der Waals surface area contributed by atoms with Crippen molar-refractivity contribution >= 4 is 28.9 Å². The topological polar surface area (TPSA) is 104 Å². The minimum atomic E-state index is -1.26. The highest BCUT2D eigenvalue weighted by Crippen LogP contribution is 2.36. The van der Waals surface area contributed by atoms with Crippen molar-refractivity contribution in [1.82, 2.24) is 0 Å². The van der Waals surface area contributed by atoms with E-state index in [0.29, 0.717) is 13.1 Å². The molecule has 1 aliphatic heterocycles. The molecule has 1 atom stereocenters. The van der Waals surface area contributed by atoms with Crippen LogP contribution in [0.15, 0.2) is 12.1 Å². The minimum absolute atomic E-state index is 0.0174. The number of carboxylic acids is 1. The predicted molar refractivity (Wildman–Crippen MR) is 77.1 cm³/mol. The van der Waals surface area contributed by atoms with E-state index in [1.807, 2.05) is 0 Å². The summed E-state index contributed by atoms with van der Waals surface area (Å²) in [5.74, 6) is -1.21. The van der Waals surface area contributed by atoms with E-state index >= 15 is 0 Å². The molecule has 0 saturated carbocycles. The predicted octanol–water partition coefficient (Wildman–Crippen LogP) is 2.16. The number of aliphatic hydroxyl groups excluding tert-OH is 1. The van der Waals surface area contributed by atoms with Gasteiger partial charge in [-0.2, -0.15) is 0 Å². The van der Waals surface area contributed by atoms with Gasteiger partial charge in [0.2, 0.25) is 0 Å². The zero-order valence-electron chi connectivity index (χ0n) is 11.2. The number of nitro benzene ring substituents is 1. The third-order valence-electron chi connectivity index (χ3n) is 3.58. The average molecular weight is 315 g/mol. The van der Waals surface area contributed by atoms with Gasteiger partial charge in [0, 0.05) is 31.8 Å². The maximum atomic E-state index is 11.4. The highest BCUT2D eigenvalue weighted by molar-refractivity contribution is 6.34. The van der Waals surface area contributed by atoms with Crippen molar-refractivity contribution < 1.29 is 19.9 Å². The first kappa shape index (κ1) is 15.5. The van der Waals surface area contributed by atoms with E-state index < -0.39 is 10.9 Å². The van der Waals surface area contributed by atoms with Crippen LogP contribution in [-0.4, -0.2) is 40.8 Å². The number of carbonyl (C=O) groups is 1. The fraction of sp³-hybridized carbons (Fsp3) is 0.462. The molecule has 0 radical (unpaired) electrons. The van der Waals surface area contributed by atoms with Crippen molar-refractivity contribution in [1.29, 1.82) is 0 Å². The van der Waals surface area contributed by atoms with Crippen molar-refractivity contribution in [2.45, 2.75) is 12.8 Å². The van der Waals surface area contributed by atoms with Crippen LogP contribution in [0.25, 0.3) is 0 Å². The molecule has 21 heavy (non-hydrogen) atoms. The van der Waals surface area contributed by atoms with Gasteiger partial charge in [0.1, 0.15) is 0 Å². The Morgan fingerprint density at radius 3 is 2.81 bits per heavy atom. The maximum Gasteiger partial charge on any atom is 0.338 e. The van der Waals surface area contributed by atoms with Gasteiger partial charge in [-0.05, 0) is 18.8 Å². The maximum absolute atomic E-state index is 11.4. The molecule has 7 nitrogen and oxygen atoms in total. The molecule has 0 bridgehead atoms. The lowest BCUT2D eigenvalue weighted by atomic mass is 9.97. The summed E-state index contributed by atoms with van der Waals surface area (Å²) in [5, 5.41) is 29.4. The summed E-state index contributed by atoms with van der Waals surface area (Å²) in [6.07, 6.45) is 1.66. The van der Waals surface area contributed by atoms with Crippen LogP contribution in [0.2, 0.25) is 5.02 Å². The van der Waals surface area contributed by atoms with Gasteiger partial charge in [0.05, 0.1) is 21.2 Å². The molecule has 2 N–H and O–H groups in total. The van der Waals surface area contributed by atoms with Crippen LogP contribution in [0.3, 0.4) is 0 Å². The summed E-state index contributed by atoms with van der Waals surface area (Å²) in [6, 6.07) is 2.18. The number of nitrogens with zero attached hydrogens (tertiary/aromatic N) is 2. The fourth-order valence-corrected chi connectivity index (χ4v) is 2.92. The largest absolute Gasteiger partial charge is 0.478 e. The normalized spacial score (nSPS) is 18.6. The molecule has 1 saturated heterocycles. The summed E-state index contributed by atoms with van der Waals surface area (Å²) < 4.78 is 0. The van der Waals surface area contributed by atoms with E-state index in [1.54, 1.807) is 4.90 Å². The third-order valence-corrected chi connectivity index (χ3v) is 3.87. The summed E-state index contributed by atoms with van der Waals surface area (Å²) in [4.78, 5) is 23.3. The highest BCUT2D eigenvalue weighted by atomic mass is 35.5. The Kier molecular flexibility index (Phi) is 4.64. The van der Waals surface area contributed by atoms with Gasteiger partial charge in [0.15, 0.2) is 0 Å². The number of rotatable bonds is 4. The monoisotopic (exact) mass is 314 g/mol. The highest BCUT2D eigenvalue weighted by Gasteiger charge is 2.27. The van der Waals surface area contributed by atoms with Gasteiger partial charge < -0.3 is 15.1 Å². The molecule has 2 rings (SSSR count). The van der Waals surface area contributed by atoms with Crippen molar-refractivity contribution in [3.05, 3.63) is 32.8 Å². The van der Waals surface area contributed by atoms with Gasteiger partial charge in [-0.25, -0.2) is 4.79 Å². The first-order chi connectivity index (χ1) is 9.93. The van der Waals surface area contributed by atoms with Crippen LogP contribution in [-0.2, 0) is 0 Å². The molecule has 0 aliphatic carbocycles. The number of piperidine rings is 1. The quantitative estimate of drug-likeness (QED) is 0.652. The minimum Gasteiger partial charge on any atom is -0.478 e. The van der Waals surface area contributed by atoms with Crippen LogP contribution < -0.4 is 4.90 Å². The molecular formula is C13H15ClN2O5. The first-order valence-electron chi connectivity index (χ1n) is 6.51. The second kappa shape index (κ2) is 6.28. The van der Waals surface area contributed by atoms with Crippen LogP contribution in [0.5, 0.6) is 0 Å². The molecule has 1 unspecified atom stereocenters. The SMILES string of the molecule is O=C(O)c1cc([N+](=O)[O-])cc(Cl)c1N1CCCC(CO)C1. The van der Waals surface area contributed by atoms with E-state index in [4.69, 9.17) is 11.6 Å². The zero-order valence-corrected chi connectivity index (χ0v) is 11.9. The van der Waals surface area contributed by atoms with Crippen LogP contribution in [0, 0.1) is 16.0 Å². The van der Waals surface area contributed by atoms with Gasteiger partial charge >= 0.3 is 5.97 Å². The molecular weight excluding hydrogens is 300 g/mol. The Labute approximate surface area is 125 Å². The number of non-ortho nitro benzene ring substituents is 1. The number of anilines is 1. The number of benzene rings is 1.